The van der Waals surface area contributed by atoms with E-state index in [0.29, 0.717) is 11.8 Å². The maximum Gasteiger partial charge on any atom is 0.417 e. The first-order valence-electron chi connectivity index (χ1n) is 7.16. The Morgan fingerprint density at radius 1 is 1.29 bits per heavy atom. The molecule has 0 radical (unpaired) electrons. The van der Waals surface area contributed by atoms with Crippen LogP contribution in [0.3, 0.4) is 0 Å². The number of hydrogen-bond acceptors (Lipinski definition) is 6. The van der Waals surface area contributed by atoms with E-state index >= 15 is 0 Å². The zero-order valence-electron chi connectivity index (χ0n) is 12.3. The quantitative estimate of drug-likeness (QED) is 0.569. The number of nitrogens with one attached hydrogen (secondary N) is 1. The predicted molar refractivity (Wildman–Crippen MR) is 71.4 cm³/mol. The zero-order chi connectivity index (χ0) is 15.6. The first kappa shape index (κ1) is 15.8. The van der Waals surface area contributed by atoms with Crippen LogP contribution < -0.4 is 5.32 Å². The van der Waals surface area contributed by atoms with Gasteiger partial charge in [0.05, 0.1) is 0 Å². The molecule has 7 heteroatoms. The summed E-state index contributed by atoms with van der Waals surface area (Å²) in [5.41, 5.74) is -1.05. The average Bonchev–Trinajstić information content (AvgIpc) is 2.97. The molecule has 0 spiro atoms. The Hall–Kier alpha value is -1.63. The van der Waals surface area contributed by atoms with Crippen molar-refractivity contribution in [1.29, 1.82) is 0 Å². The van der Waals surface area contributed by atoms with E-state index in [1.807, 2.05) is 0 Å². The number of carbonyl (C=O) groups is 3. The van der Waals surface area contributed by atoms with E-state index in [1.54, 1.807) is 13.8 Å². The van der Waals surface area contributed by atoms with E-state index in [0.717, 1.165) is 25.8 Å². The molecule has 1 heterocycles. The highest BCUT2D eigenvalue weighted by Crippen LogP contribution is 2.38. The third-order valence-corrected chi connectivity index (χ3v) is 4.10. The Morgan fingerprint density at radius 2 is 2.00 bits per heavy atom. The molecule has 0 amide bonds. The Labute approximate surface area is 123 Å². The lowest BCUT2D eigenvalue weighted by Crippen LogP contribution is -2.44. The summed E-state index contributed by atoms with van der Waals surface area (Å²) in [6, 6.07) is -0.313. The summed E-state index contributed by atoms with van der Waals surface area (Å²) in [6.07, 6.45) is 3.30. The molecule has 2 fully saturated rings. The molecule has 0 aromatic heterocycles. The van der Waals surface area contributed by atoms with Crippen LogP contribution in [0.4, 0.5) is 0 Å². The number of aliphatic carboxylic acids is 1. The van der Waals surface area contributed by atoms with Gasteiger partial charge in [-0.3, -0.25) is 4.79 Å². The average molecular weight is 299 g/mol. The Kier molecular flexibility index (Phi) is 4.51. The molecule has 0 aromatic rings. The lowest BCUT2D eigenvalue weighted by molar-refractivity contribution is -0.175. The van der Waals surface area contributed by atoms with Gasteiger partial charge in [-0.1, -0.05) is 6.42 Å². The van der Waals surface area contributed by atoms with Crippen molar-refractivity contribution in [3.8, 4) is 0 Å². The summed E-state index contributed by atoms with van der Waals surface area (Å²) in [4.78, 5) is 33.5. The molecule has 0 unspecified atom stereocenters. The number of carboxylic acid groups (broad SMARTS) is 1. The summed E-state index contributed by atoms with van der Waals surface area (Å²) in [5.74, 6) is -2.52. The van der Waals surface area contributed by atoms with E-state index in [9.17, 15) is 14.4 Å². The van der Waals surface area contributed by atoms with E-state index in [-0.39, 0.29) is 18.6 Å². The molecule has 1 aliphatic heterocycles. The first-order valence-corrected chi connectivity index (χ1v) is 7.16. The largest absolute Gasteiger partial charge is 0.473 e. The maximum atomic E-state index is 12.2. The fraction of sp³-hybridized carbons (Fsp3) is 0.786. The van der Waals surface area contributed by atoms with Crippen LogP contribution in [0.2, 0.25) is 0 Å². The van der Waals surface area contributed by atoms with Gasteiger partial charge in [0, 0.05) is 0 Å². The van der Waals surface area contributed by atoms with Gasteiger partial charge in [0.15, 0.2) is 0 Å². The van der Waals surface area contributed by atoms with E-state index in [1.165, 1.54) is 0 Å². The number of carboxylic acids is 1. The monoisotopic (exact) mass is 299 g/mol. The molecule has 7 nitrogen and oxygen atoms in total. The lowest BCUT2D eigenvalue weighted by Gasteiger charge is -2.27. The van der Waals surface area contributed by atoms with Crippen molar-refractivity contribution in [2.75, 3.05) is 13.2 Å². The zero-order valence-corrected chi connectivity index (χ0v) is 12.3. The van der Waals surface area contributed by atoms with Gasteiger partial charge in [-0.2, -0.15) is 0 Å². The normalized spacial score (nSPS) is 28.0. The number of carbonyl (C=O) groups excluding carboxylic acids is 2. The van der Waals surface area contributed by atoms with Crippen molar-refractivity contribution >= 4 is 17.9 Å². The molecule has 2 N–H and O–H groups in total. The Morgan fingerprint density at radius 3 is 2.67 bits per heavy atom. The topological polar surface area (TPSA) is 102 Å². The molecule has 1 saturated carbocycles. The third kappa shape index (κ3) is 3.72. The minimum Gasteiger partial charge on any atom is -0.473 e. The van der Waals surface area contributed by atoms with E-state index in [2.05, 4.69) is 10.1 Å². The van der Waals surface area contributed by atoms with Gasteiger partial charge >= 0.3 is 17.9 Å². The summed E-state index contributed by atoms with van der Waals surface area (Å²) < 4.78 is 9.97. The molecule has 2 aliphatic rings. The van der Waals surface area contributed by atoms with Crippen molar-refractivity contribution < 1.29 is 29.0 Å². The first-order chi connectivity index (χ1) is 9.80. The Balaban J connectivity index is 1.86. The van der Waals surface area contributed by atoms with Crippen LogP contribution in [0.5, 0.6) is 0 Å². The van der Waals surface area contributed by atoms with Gasteiger partial charge in [-0.15, -0.1) is 0 Å². The van der Waals surface area contributed by atoms with Gasteiger partial charge in [-0.05, 0) is 45.1 Å². The molecule has 1 saturated heterocycles. The van der Waals surface area contributed by atoms with Crippen molar-refractivity contribution in [2.45, 2.75) is 44.8 Å². The summed E-state index contributed by atoms with van der Waals surface area (Å²) in [5, 5.41) is 11.6. The van der Waals surface area contributed by atoms with Crippen LogP contribution in [0.25, 0.3) is 0 Å². The van der Waals surface area contributed by atoms with Crippen LogP contribution in [-0.2, 0) is 23.9 Å². The molecular formula is C14H21NO6. The second-order valence-electron chi connectivity index (χ2n) is 6.30. The molecule has 2 rings (SSSR count). The molecule has 21 heavy (non-hydrogen) atoms. The van der Waals surface area contributed by atoms with Crippen molar-refractivity contribution in [3.05, 3.63) is 0 Å². The number of hydrogen-bond donors (Lipinski definition) is 2. The molecule has 0 aromatic carbocycles. The van der Waals surface area contributed by atoms with Gasteiger partial charge in [0.25, 0.3) is 0 Å². The van der Waals surface area contributed by atoms with Crippen LogP contribution in [0.1, 0.15) is 33.1 Å². The fourth-order valence-electron chi connectivity index (χ4n) is 3.11. The summed E-state index contributed by atoms with van der Waals surface area (Å²) in [7, 11) is 0. The van der Waals surface area contributed by atoms with Gasteiger partial charge < -0.3 is 19.9 Å². The third-order valence-electron chi connectivity index (χ3n) is 4.10. The SMILES string of the molecule is CC(C)(COC(=O)C(=O)O)OC(=O)[C@H]1NC[C@@H]2CCC[C@@H]21. The second kappa shape index (κ2) is 6.01. The van der Waals surface area contributed by atoms with Gasteiger partial charge in [-0.25, -0.2) is 9.59 Å². The van der Waals surface area contributed by atoms with Crippen LogP contribution in [0, 0.1) is 11.8 Å². The lowest BCUT2D eigenvalue weighted by atomic mass is 9.94. The molecule has 0 bridgehead atoms. The number of fused-ring (bicyclic) bond motifs is 1. The standard InChI is InChI=1S/C14H21NO6/c1-14(2,7-20-13(19)11(16)17)21-12(18)10-9-5-3-4-8(9)6-15-10/h8-10,15H,3-7H2,1-2H3,(H,16,17)/t8-,9-,10-/m0/s1. The predicted octanol–water partition coefficient (Wildman–Crippen LogP) is 0.324. The minimum absolute atomic E-state index is 0.287. The van der Waals surface area contributed by atoms with Crippen molar-refractivity contribution in [1.82, 2.24) is 5.32 Å². The number of rotatable bonds is 4. The van der Waals surface area contributed by atoms with Crippen LogP contribution in [0.15, 0.2) is 0 Å². The summed E-state index contributed by atoms with van der Waals surface area (Å²) in [6.45, 7) is 3.71. The van der Waals surface area contributed by atoms with Gasteiger partial charge in [0.2, 0.25) is 0 Å². The van der Waals surface area contributed by atoms with Crippen LogP contribution >= 0.6 is 0 Å². The highest BCUT2D eigenvalue weighted by Gasteiger charge is 2.44. The number of esters is 2. The second-order valence-corrected chi connectivity index (χ2v) is 6.30. The fourth-order valence-corrected chi connectivity index (χ4v) is 3.11. The highest BCUT2D eigenvalue weighted by molar-refractivity contribution is 6.28. The van der Waals surface area contributed by atoms with E-state index in [4.69, 9.17) is 9.84 Å². The highest BCUT2D eigenvalue weighted by atomic mass is 16.6. The van der Waals surface area contributed by atoms with Gasteiger partial charge in [0.1, 0.15) is 18.2 Å². The Bertz CT molecular complexity index is 447. The van der Waals surface area contributed by atoms with Crippen LogP contribution in [-0.4, -0.2) is 47.8 Å². The van der Waals surface area contributed by atoms with Crippen molar-refractivity contribution in [2.24, 2.45) is 11.8 Å². The minimum atomic E-state index is -1.66. The number of ether oxygens (including phenoxy) is 2. The molecule has 1 aliphatic carbocycles. The smallest absolute Gasteiger partial charge is 0.417 e. The van der Waals surface area contributed by atoms with Crippen molar-refractivity contribution in [3.63, 3.8) is 0 Å². The van der Waals surface area contributed by atoms with E-state index < -0.39 is 17.5 Å². The molecule has 3 atom stereocenters. The summed E-state index contributed by atoms with van der Waals surface area (Å²) >= 11 is 0. The molecule has 118 valence electrons. The maximum absolute atomic E-state index is 12.2. The molecular weight excluding hydrogens is 278 g/mol.